The molecule has 1 N–H and O–H groups in total. The second-order valence-electron chi connectivity index (χ2n) is 7.27. The number of thioether (sulfide) groups is 1. The van der Waals surface area contributed by atoms with Gasteiger partial charge in [0.1, 0.15) is 5.82 Å². The normalized spacial score (nSPS) is 17.5. The number of carbonyl (C=O) groups is 1. The average Bonchev–Trinajstić information content (AvgIpc) is 3.21. The Bertz CT molecular complexity index is 806. The van der Waals surface area contributed by atoms with Gasteiger partial charge in [0.15, 0.2) is 0 Å². The molecule has 0 saturated heterocycles. The highest BCUT2D eigenvalue weighted by Gasteiger charge is 2.27. The summed E-state index contributed by atoms with van der Waals surface area (Å²) in [5.41, 5.74) is 5.86. The van der Waals surface area contributed by atoms with Crippen molar-refractivity contribution in [2.24, 2.45) is 5.92 Å². The minimum Gasteiger partial charge on any atom is -0.310 e. The van der Waals surface area contributed by atoms with E-state index in [1.54, 1.807) is 0 Å². The number of amides is 1. The fourth-order valence-corrected chi connectivity index (χ4v) is 4.80. The van der Waals surface area contributed by atoms with Crippen LogP contribution >= 0.6 is 11.8 Å². The Morgan fingerprint density at radius 1 is 1.16 bits per heavy atom. The van der Waals surface area contributed by atoms with Crippen LogP contribution < -0.4 is 5.32 Å². The fourth-order valence-electron chi connectivity index (χ4n) is 3.77. The molecule has 5 heteroatoms. The SMILES string of the molecule is Cc1ccc(-n2nc3c(c2NC(=O)C2CCCCC2)CSC3)cc1C. The highest BCUT2D eigenvalue weighted by Crippen LogP contribution is 2.37. The van der Waals surface area contributed by atoms with Crippen LogP contribution in [0.15, 0.2) is 18.2 Å². The van der Waals surface area contributed by atoms with Gasteiger partial charge in [0.25, 0.3) is 0 Å². The minimum absolute atomic E-state index is 0.154. The fraction of sp³-hybridized carbons (Fsp3) is 0.500. The van der Waals surface area contributed by atoms with Crippen molar-refractivity contribution in [3.63, 3.8) is 0 Å². The first-order chi connectivity index (χ1) is 12.1. The maximum atomic E-state index is 12.8. The van der Waals surface area contributed by atoms with Gasteiger partial charge in [-0.1, -0.05) is 25.3 Å². The van der Waals surface area contributed by atoms with E-state index in [1.807, 2.05) is 16.4 Å². The predicted octanol–water partition coefficient (Wildman–Crippen LogP) is 4.75. The van der Waals surface area contributed by atoms with Gasteiger partial charge >= 0.3 is 0 Å². The number of aromatic nitrogens is 2. The average molecular weight is 356 g/mol. The third kappa shape index (κ3) is 3.22. The summed E-state index contributed by atoms with van der Waals surface area (Å²) >= 11 is 1.87. The number of hydrogen-bond acceptors (Lipinski definition) is 3. The van der Waals surface area contributed by atoms with Crippen LogP contribution in [0.2, 0.25) is 0 Å². The predicted molar refractivity (Wildman–Crippen MR) is 103 cm³/mol. The van der Waals surface area contributed by atoms with Gasteiger partial charge in [-0.05, 0) is 49.9 Å². The molecule has 0 spiro atoms. The van der Waals surface area contributed by atoms with Crippen molar-refractivity contribution in [1.29, 1.82) is 0 Å². The first-order valence-electron chi connectivity index (χ1n) is 9.20. The molecule has 2 heterocycles. The maximum absolute atomic E-state index is 12.8. The molecular formula is C20H25N3OS. The lowest BCUT2D eigenvalue weighted by Crippen LogP contribution is -2.26. The molecule has 4 nitrogen and oxygen atoms in total. The highest BCUT2D eigenvalue weighted by atomic mass is 32.2. The summed E-state index contributed by atoms with van der Waals surface area (Å²) in [7, 11) is 0. The molecule has 0 bridgehead atoms. The number of anilines is 1. The zero-order chi connectivity index (χ0) is 17.4. The Balaban J connectivity index is 1.68. The number of carbonyl (C=O) groups excluding carboxylic acids is 1. The van der Waals surface area contributed by atoms with E-state index in [-0.39, 0.29) is 11.8 Å². The molecule has 2 aromatic rings. The summed E-state index contributed by atoms with van der Waals surface area (Å²) < 4.78 is 1.94. The van der Waals surface area contributed by atoms with E-state index in [2.05, 4.69) is 37.4 Å². The molecular weight excluding hydrogens is 330 g/mol. The van der Waals surface area contributed by atoms with Gasteiger partial charge in [-0.2, -0.15) is 16.9 Å². The lowest BCUT2D eigenvalue weighted by atomic mass is 9.88. The zero-order valence-corrected chi connectivity index (χ0v) is 15.8. The molecule has 1 aromatic heterocycles. The lowest BCUT2D eigenvalue weighted by Gasteiger charge is -2.21. The van der Waals surface area contributed by atoms with Gasteiger partial charge in [-0.15, -0.1) is 0 Å². The van der Waals surface area contributed by atoms with Crippen LogP contribution in [0.5, 0.6) is 0 Å². The number of rotatable bonds is 3. The van der Waals surface area contributed by atoms with Gasteiger partial charge in [0, 0.05) is 23.0 Å². The molecule has 1 aliphatic carbocycles. The highest BCUT2D eigenvalue weighted by molar-refractivity contribution is 7.98. The van der Waals surface area contributed by atoms with E-state index in [0.29, 0.717) is 0 Å². The van der Waals surface area contributed by atoms with Crippen molar-refractivity contribution in [3.8, 4) is 5.69 Å². The first kappa shape index (κ1) is 16.7. The molecule has 1 amide bonds. The molecule has 1 fully saturated rings. The third-order valence-corrected chi connectivity index (χ3v) is 6.47. The van der Waals surface area contributed by atoms with Crippen LogP contribution in [0.25, 0.3) is 5.69 Å². The molecule has 2 aliphatic rings. The van der Waals surface area contributed by atoms with Crippen LogP contribution in [-0.4, -0.2) is 15.7 Å². The maximum Gasteiger partial charge on any atom is 0.228 e. The van der Waals surface area contributed by atoms with Gasteiger partial charge < -0.3 is 5.32 Å². The van der Waals surface area contributed by atoms with Crippen LogP contribution in [0.1, 0.15) is 54.5 Å². The zero-order valence-electron chi connectivity index (χ0n) is 15.0. The first-order valence-corrected chi connectivity index (χ1v) is 10.4. The molecule has 1 aliphatic heterocycles. The van der Waals surface area contributed by atoms with Gasteiger partial charge in [0.05, 0.1) is 11.4 Å². The van der Waals surface area contributed by atoms with Gasteiger partial charge in [0.2, 0.25) is 5.91 Å². The monoisotopic (exact) mass is 355 g/mol. The van der Waals surface area contributed by atoms with Gasteiger partial charge in [-0.25, -0.2) is 4.68 Å². The number of nitrogens with one attached hydrogen (secondary N) is 1. The largest absolute Gasteiger partial charge is 0.310 e. The Labute approximate surface area is 153 Å². The van der Waals surface area contributed by atoms with E-state index < -0.39 is 0 Å². The second kappa shape index (κ2) is 6.87. The molecule has 1 saturated carbocycles. The Hall–Kier alpha value is -1.75. The molecule has 0 radical (unpaired) electrons. The number of nitrogens with zero attached hydrogens (tertiary/aromatic N) is 2. The molecule has 25 heavy (non-hydrogen) atoms. The smallest absolute Gasteiger partial charge is 0.228 e. The van der Waals surface area contributed by atoms with Crippen molar-refractivity contribution < 1.29 is 4.79 Å². The molecule has 0 atom stereocenters. The quantitative estimate of drug-likeness (QED) is 0.864. The Morgan fingerprint density at radius 3 is 2.72 bits per heavy atom. The summed E-state index contributed by atoms with van der Waals surface area (Å²) in [4.78, 5) is 12.8. The minimum atomic E-state index is 0.154. The summed E-state index contributed by atoms with van der Waals surface area (Å²) in [5, 5.41) is 8.05. The summed E-state index contributed by atoms with van der Waals surface area (Å²) in [5.74, 6) is 3.07. The molecule has 4 rings (SSSR count). The van der Waals surface area contributed by atoms with Crippen LogP contribution in [-0.2, 0) is 16.3 Å². The summed E-state index contributed by atoms with van der Waals surface area (Å²) in [6.45, 7) is 4.23. The molecule has 132 valence electrons. The van der Waals surface area contributed by atoms with Crippen LogP contribution in [0, 0.1) is 19.8 Å². The standard InChI is InChI=1S/C20H25N3OS/c1-13-8-9-16(10-14(13)2)23-19(17-11-25-12-18(17)22-23)21-20(24)15-6-4-3-5-7-15/h8-10,15H,3-7,11-12H2,1-2H3,(H,21,24). The molecule has 0 unspecified atom stereocenters. The number of fused-ring (bicyclic) bond motifs is 1. The second-order valence-corrected chi connectivity index (χ2v) is 8.26. The summed E-state index contributed by atoms with van der Waals surface area (Å²) in [6.07, 6.45) is 5.63. The summed E-state index contributed by atoms with van der Waals surface area (Å²) in [6, 6.07) is 6.37. The topological polar surface area (TPSA) is 46.9 Å². The van der Waals surface area contributed by atoms with Crippen molar-refractivity contribution in [3.05, 3.63) is 40.6 Å². The van der Waals surface area contributed by atoms with Crippen LogP contribution in [0.4, 0.5) is 5.82 Å². The number of aryl methyl sites for hydroxylation is 2. The third-order valence-electron chi connectivity index (χ3n) is 5.50. The van der Waals surface area contributed by atoms with Crippen molar-refractivity contribution in [2.45, 2.75) is 57.5 Å². The van der Waals surface area contributed by atoms with E-state index >= 15 is 0 Å². The van der Waals surface area contributed by atoms with E-state index in [9.17, 15) is 4.79 Å². The Kier molecular flexibility index (Phi) is 4.59. The lowest BCUT2D eigenvalue weighted by molar-refractivity contribution is -0.120. The molecule has 1 aromatic carbocycles. The van der Waals surface area contributed by atoms with E-state index in [4.69, 9.17) is 5.10 Å². The van der Waals surface area contributed by atoms with E-state index in [0.717, 1.165) is 41.5 Å². The van der Waals surface area contributed by atoms with Gasteiger partial charge in [-0.3, -0.25) is 4.79 Å². The van der Waals surface area contributed by atoms with Crippen molar-refractivity contribution in [1.82, 2.24) is 9.78 Å². The Morgan fingerprint density at radius 2 is 1.96 bits per heavy atom. The van der Waals surface area contributed by atoms with Crippen molar-refractivity contribution >= 4 is 23.5 Å². The number of hydrogen-bond donors (Lipinski definition) is 1. The number of benzene rings is 1. The van der Waals surface area contributed by atoms with E-state index in [1.165, 1.54) is 36.0 Å². The van der Waals surface area contributed by atoms with Crippen molar-refractivity contribution in [2.75, 3.05) is 5.32 Å². The van der Waals surface area contributed by atoms with Crippen LogP contribution in [0.3, 0.4) is 0 Å².